The molecule has 5 aromatic rings. The minimum atomic E-state index is -3.94. The fraction of sp³-hybridized carbons (Fsp3) is 0.350. The van der Waals surface area contributed by atoms with E-state index in [1.165, 1.54) is 75.5 Å². The van der Waals surface area contributed by atoms with E-state index in [2.05, 4.69) is 20.8 Å². The topological polar surface area (TPSA) is 181 Å². The molecule has 0 aliphatic carbocycles. The van der Waals surface area contributed by atoms with Gasteiger partial charge in [-0.2, -0.15) is 10.2 Å². The molecule has 0 saturated carbocycles. The molecule has 0 spiro atoms. The highest BCUT2D eigenvalue weighted by Gasteiger charge is 2.44. The second-order valence-corrected chi connectivity index (χ2v) is 20.0. The van der Waals surface area contributed by atoms with Gasteiger partial charge in [0.15, 0.2) is 19.7 Å². The molecule has 56 heavy (non-hydrogen) atoms. The van der Waals surface area contributed by atoms with Crippen molar-refractivity contribution < 1.29 is 35.9 Å². The normalized spacial score (nSPS) is 12.3. The van der Waals surface area contributed by atoms with Gasteiger partial charge in [-0.3, -0.25) is 19.0 Å². The van der Waals surface area contributed by atoms with E-state index in [-0.39, 0.29) is 15.2 Å². The van der Waals surface area contributed by atoms with Gasteiger partial charge >= 0.3 is 0 Å². The van der Waals surface area contributed by atoms with E-state index < -0.39 is 41.0 Å². The highest BCUT2D eigenvalue weighted by molar-refractivity contribution is 7.94. The average Bonchev–Trinajstić information content (AvgIpc) is 3.73. The van der Waals surface area contributed by atoms with Crippen LogP contribution in [-0.4, -0.2) is 71.9 Å². The van der Waals surface area contributed by atoms with Crippen LogP contribution in [0.4, 0.5) is 11.6 Å². The number of carbonyl (C=O) groups excluding carboxylic acids is 2. The van der Waals surface area contributed by atoms with Crippen molar-refractivity contribution in [1.82, 2.24) is 19.6 Å². The first-order valence-electron chi connectivity index (χ1n) is 17.5. The lowest BCUT2D eigenvalue weighted by Crippen LogP contribution is -2.44. The molecule has 300 valence electrons. The van der Waals surface area contributed by atoms with Crippen LogP contribution in [0.2, 0.25) is 0 Å². The van der Waals surface area contributed by atoms with Crippen LogP contribution >= 0.6 is 0 Å². The second-order valence-electron chi connectivity index (χ2n) is 15.0. The van der Waals surface area contributed by atoms with Crippen molar-refractivity contribution in [3.05, 3.63) is 96.7 Å². The Hall–Kier alpha value is -5.48. The average molecular weight is 807 g/mol. The van der Waals surface area contributed by atoms with Crippen LogP contribution < -0.4 is 20.1 Å². The lowest BCUT2D eigenvalue weighted by Gasteiger charge is -2.24. The second kappa shape index (κ2) is 16.3. The summed E-state index contributed by atoms with van der Waals surface area (Å²) in [7, 11) is -1.46. The summed E-state index contributed by atoms with van der Waals surface area (Å²) >= 11 is 0. The Morgan fingerprint density at radius 3 is 1.36 bits per heavy atom. The van der Waals surface area contributed by atoms with Crippen molar-refractivity contribution in [2.24, 2.45) is 14.1 Å². The van der Waals surface area contributed by atoms with Gasteiger partial charge in [-0.1, -0.05) is 51.1 Å². The first-order valence-corrected chi connectivity index (χ1v) is 20.5. The molecule has 14 nitrogen and oxygen atoms in total. The van der Waals surface area contributed by atoms with Crippen molar-refractivity contribution in [2.75, 3.05) is 24.9 Å². The summed E-state index contributed by atoms with van der Waals surface area (Å²) in [5.74, 6) is 0.669. The molecule has 0 atom stereocenters. The molecule has 2 N–H and O–H groups in total. The lowest BCUT2D eigenvalue weighted by molar-refractivity contribution is -0.118. The minimum absolute atomic E-state index is 0.0495. The van der Waals surface area contributed by atoms with Crippen LogP contribution in [0.25, 0.3) is 11.3 Å². The van der Waals surface area contributed by atoms with Crippen LogP contribution in [0.3, 0.4) is 0 Å². The van der Waals surface area contributed by atoms with Crippen LogP contribution in [0.1, 0.15) is 54.2 Å². The molecule has 0 aliphatic heterocycles. The molecule has 2 amide bonds. The summed E-state index contributed by atoms with van der Waals surface area (Å²) in [5.41, 5.74) is 2.19. The molecule has 3 aromatic carbocycles. The molecule has 0 unspecified atom stereocenters. The van der Waals surface area contributed by atoms with Gasteiger partial charge in [0.2, 0.25) is 11.8 Å². The molecule has 0 radical (unpaired) electrons. The molecule has 2 heterocycles. The molecule has 0 aliphatic rings. The number of carbonyl (C=O) groups is 2. The van der Waals surface area contributed by atoms with Gasteiger partial charge in [-0.25, -0.2) is 16.8 Å². The Morgan fingerprint density at radius 1 is 0.589 bits per heavy atom. The number of amides is 2. The predicted octanol–water partition coefficient (Wildman–Crippen LogP) is 6.20. The van der Waals surface area contributed by atoms with Gasteiger partial charge in [0.05, 0.1) is 35.4 Å². The van der Waals surface area contributed by atoms with Crippen molar-refractivity contribution in [1.29, 1.82) is 0 Å². The van der Waals surface area contributed by atoms with Gasteiger partial charge in [-0.05, 0) is 76.2 Å². The number of methoxy groups -OCH3 is 2. The summed E-state index contributed by atoms with van der Waals surface area (Å²) in [6.45, 7) is 11.6. The van der Waals surface area contributed by atoms with Crippen molar-refractivity contribution in [2.45, 2.75) is 73.2 Å². The summed E-state index contributed by atoms with van der Waals surface area (Å²) in [6, 6.07) is 24.9. The molecule has 16 heteroatoms. The van der Waals surface area contributed by atoms with Gasteiger partial charge in [0, 0.05) is 37.2 Å². The van der Waals surface area contributed by atoms with E-state index in [1.807, 2.05) is 51.1 Å². The van der Waals surface area contributed by atoms with Crippen LogP contribution in [0.15, 0.2) is 101 Å². The van der Waals surface area contributed by atoms with E-state index in [9.17, 15) is 26.4 Å². The Balaban J connectivity index is 0.000000249. The molecule has 0 fully saturated rings. The van der Waals surface area contributed by atoms with E-state index in [0.29, 0.717) is 28.8 Å². The fourth-order valence-electron chi connectivity index (χ4n) is 5.16. The standard InChI is InChI=1S/C21H23N3O4S.C19H27N3O4S/c1-21(2,29(26,27)17-12-10-16(28-4)11-13-17)20(25)22-19-14-18(23-24(19)3)15-8-6-5-7-9-15;1-18(2,3)15-12-16(22(6)21-15)20-17(23)19(4,5)27(24,25)14-10-8-13(26-7)9-11-14/h5-14H,1-4H3,(H,22,25);8-12H,1-7H3,(H,20,23). The number of aryl methyl sites for hydroxylation is 2. The fourth-order valence-corrected chi connectivity index (χ4v) is 7.92. The molecule has 2 aromatic heterocycles. The number of hydrogen-bond acceptors (Lipinski definition) is 10. The first kappa shape index (κ1) is 43.3. The Bertz CT molecular complexity index is 2390. The lowest BCUT2D eigenvalue weighted by atomic mass is 9.92. The number of ether oxygens (including phenoxy) is 2. The Kier molecular flexibility index (Phi) is 12.6. The predicted molar refractivity (Wildman–Crippen MR) is 216 cm³/mol. The number of nitrogens with zero attached hydrogens (tertiary/aromatic N) is 4. The van der Waals surface area contributed by atoms with E-state index >= 15 is 0 Å². The number of aromatic nitrogens is 4. The van der Waals surface area contributed by atoms with Crippen molar-refractivity contribution >= 4 is 43.1 Å². The van der Waals surface area contributed by atoms with Crippen LogP contribution in [0.5, 0.6) is 11.5 Å². The van der Waals surface area contributed by atoms with Crippen molar-refractivity contribution in [3.8, 4) is 22.8 Å². The zero-order valence-corrected chi connectivity index (χ0v) is 35.2. The number of nitrogens with one attached hydrogen (secondary N) is 2. The molecule has 0 bridgehead atoms. The summed E-state index contributed by atoms with van der Waals surface area (Å²) < 4.78 is 62.0. The minimum Gasteiger partial charge on any atom is -0.497 e. The largest absolute Gasteiger partial charge is 0.497 e. The zero-order valence-electron chi connectivity index (χ0n) is 33.5. The van der Waals surface area contributed by atoms with E-state index in [0.717, 1.165) is 11.3 Å². The molecular formula is C40H50N6O8S2. The smallest absolute Gasteiger partial charge is 0.246 e. The third-order valence-corrected chi connectivity index (χ3v) is 14.1. The van der Waals surface area contributed by atoms with Crippen LogP contribution in [-0.2, 0) is 48.8 Å². The maximum atomic E-state index is 13.1. The van der Waals surface area contributed by atoms with Gasteiger partial charge < -0.3 is 20.1 Å². The van der Waals surface area contributed by atoms with Gasteiger partial charge in [0.25, 0.3) is 0 Å². The maximum Gasteiger partial charge on any atom is 0.246 e. The summed E-state index contributed by atoms with van der Waals surface area (Å²) in [5, 5.41) is 14.2. The van der Waals surface area contributed by atoms with E-state index in [1.54, 1.807) is 50.5 Å². The first-order chi connectivity index (χ1) is 26.0. The van der Waals surface area contributed by atoms with Gasteiger partial charge in [-0.15, -0.1) is 0 Å². The monoisotopic (exact) mass is 806 g/mol. The SMILES string of the molecule is COc1ccc(S(=O)(=O)C(C)(C)C(=O)Nc2cc(-c3ccccc3)nn2C)cc1.COc1ccc(S(=O)(=O)C(C)(C)C(=O)Nc2cc(C(C)(C)C)nn2C)cc1. The summed E-state index contributed by atoms with van der Waals surface area (Å²) in [4.78, 5) is 25.9. The number of rotatable bonds is 11. The third kappa shape index (κ3) is 8.97. The van der Waals surface area contributed by atoms with Crippen molar-refractivity contribution in [3.63, 3.8) is 0 Å². The maximum absolute atomic E-state index is 13.1. The number of anilines is 2. The van der Waals surface area contributed by atoms with E-state index in [4.69, 9.17) is 9.47 Å². The number of benzene rings is 3. The highest BCUT2D eigenvalue weighted by atomic mass is 32.2. The van der Waals surface area contributed by atoms with Gasteiger partial charge in [0.1, 0.15) is 32.6 Å². The quantitative estimate of drug-likeness (QED) is 0.156. The third-order valence-electron chi connectivity index (χ3n) is 9.26. The Labute approximate surface area is 329 Å². The highest BCUT2D eigenvalue weighted by Crippen LogP contribution is 2.31. The Morgan fingerprint density at radius 2 is 0.982 bits per heavy atom. The number of hydrogen-bond donors (Lipinski definition) is 2. The number of sulfone groups is 2. The summed E-state index contributed by atoms with van der Waals surface area (Å²) in [6.07, 6.45) is 0. The molecule has 5 rings (SSSR count). The zero-order chi connectivity index (χ0) is 41.9. The molecular weight excluding hydrogens is 757 g/mol. The van der Waals surface area contributed by atoms with Crippen LogP contribution in [0, 0.1) is 0 Å². The molecule has 0 saturated heterocycles.